The lowest BCUT2D eigenvalue weighted by Crippen LogP contribution is -2.39. The molecule has 244 valence electrons. The van der Waals surface area contributed by atoms with Gasteiger partial charge in [-0.1, -0.05) is 45.1 Å². The summed E-state index contributed by atoms with van der Waals surface area (Å²) in [5.74, 6) is -0.220. The van der Waals surface area contributed by atoms with Crippen molar-refractivity contribution in [3.63, 3.8) is 0 Å². The number of allylic oxidation sites excluding steroid dienone is 4. The van der Waals surface area contributed by atoms with Crippen molar-refractivity contribution < 1.29 is 38.4 Å². The summed E-state index contributed by atoms with van der Waals surface area (Å²) in [7, 11) is 0. The molecule has 0 aromatic heterocycles. The highest BCUT2D eigenvalue weighted by Crippen LogP contribution is 2.17. The number of likely N-dealkylation sites (tertiary alicyclic amines) is 1. The zero-order valence-corrected chi connectivity index (χ0v) is 26.6. The van der Waals surface area contributed by atoms with Crippen molar-refractivity contribution in [2.45, 2.75) is 104 Å². The number of carbonyl (C=O) groups excluding carboxylic acids is 2. The monoisotopic (exact) mass is 597 g/mol. The normalized spacial score (nSPS) is 16.8. The van der Waals surface area contributed by atoms with Crippen LogP contribution in [-0.2, 0) is 28.5 Å². The Kier molecular flexibility index (Phi) is 24.2. The van der Waals surface area contributed by atoms with Gasteiger partial charge in [-0.25, -0.2) is 4.79 Å². The van der Waals surface area contributed by atoms with Crippen LogP contribution in [0.25, 0.3) is 0 Å². The van der Waals surface area contributed by atoms with Crippen LogP contribution in [0, 0.1) is 11.8 Å². The molecule has 2 atom stereocenters. The lowest BCUT2D eigenvalue weighted by Gasteiger charge is -2.31. The molecule has 1 aliphatic heterocycles. The fraction of sp³-hybridized carbons (Fsp3) is 0.818. The van der Waals surface area contributed by atoms with Gasteiger partial charge in [0.2, 0.25) is 0 Å². The van der Waals surface area contributed by atoms with Gasteiger partial charge in [-0.05, 0) is 70.8 Å². The molecule has 9 nitrogen and oxygen atoms in total. The average molecular weight is 598 g/mol. The van der Waals surface area contributed by atoms with Gasteiger partial charge < -0.3 is 33.7 Å². The fourth-order valence-corrected chi connectivity index (χ4v) is 4.60. The summed E-state index contributed by atoms with van der Waals surface area (Å²) in [6.07, 6.45) is 18.5. The molecule has 0 aliphatic carbocycles. The molecule has 0 aromatic carbocycles. The second-order valence-electron chi connectivity index (χ2n) is 11.2. The van der Waals surface area contributed by atoms with Crippen LogP contribution in [0.1, 0.15) is 97.8 Å². The van der Waals surface area contributed by atoms with Crippen molar-refractivity contribution in [3.05, 3.63) is 24.3 Å². The number of piperidine rings is 1. The van der Waals surface area contributed by atoms with E-state index in [9.17, 15) is 9.59 Å². The van der Waals surface area contributed by atoms with E-state index in [2.05, 4.69) is 43.1 Å². The van der Waals surface area contributed by atoms with E-state index in [0.717, 1.165) is 77.3 Å². The Labute approximate surface area is 254 Å². The molecule has 1 fully saturated rings. The summed E-state index contributed by atoms with van der Waals surface area (Å²) in [5.41, 5.74) is 0. The summed E-state index contributed by atoms with van der Waals surface area (Å²) in [4.78, 5) is 26.6. The van der Waals surface area contributed by atoms with Crippen LogP contribution in [0.3, 0.4) is 0 Å². The number of β-amino-alcohol motifs (C(OH)–C–C–N with tert-alkyl or cyclic N) is 1. The molecule has 42 heavy (non-hydrogen) atoms. The van der Waals surface area contributed by atoms with Gasteiger partial charge in [0.15, 0.2) is 6.29 Å². The number of rotatable bonds is 25. The molecule has 0 radical (unpaired) electrons. The van der Waals surface area contributed by atoms with Crippen molar-refractivity contribution in [1.82, 2.24) is 4.90 Å². The minimum absolute atomic E-state index is 0.114. The van der Waals surface area contributed by atoms with E-state index >= 15 is 0 Å². The van der Waals surface area contributed by atoms with Crippen molar-refractivity contribution >= 4 is 12.1 Å². The van der Waals surface area contributed by atoms with Gasteiger partial charge in [0.25, 0.3) is 0 Å². The molecule has 1 aliphatic rings. The van der Waals surface area contributed by atoms with Crippen LogP contribution in [0.2, 0.25) is 0 Å². The second kappa shape index (κ2) is 26.7. The number of esters is 1. The third kappa shape index (κ3) is 21.7. The van der Waals surface area contributed by atoms with E-state index in [1.165, 1.54) is 0 Å². The van der Waals surface area contributed by atoms with E-state index in [-0.39, 0.29) is 44.0 Å². The standard InChI is InChI=1S/C33H59NO8/c1-4-6-8-10-12-14-23-38-32(39-24-15-13-11-9-7-5-2)19-18-31(36)40-26-29(3)27-41-33(37)42-28-30-17-16-20-34(25-30)21-22-35/h6-9,29-30,32,35H,4-5,10-28H2,1-3H3/b8-6-,9-7-. The summed E-state index contributed by atoms with van der Waals surface area (Å²) in [5, 5.41) is 9.12. The second-order valence-corrected chi connectivity index (χ2v) is 11.2. The van der Waals surface area contributed by atoms with Crippen molar-refractivity contribution in [3.8, 4) is 0 Å². The van der Waals surface area contributed by atoms with E-state index in [1.54, 1.807) is 0 Å². The minimum atomic E-state index is -0.702. The third-order valence-electron chi connectivity index (χ3n) is 7.00. The van der Waals surface area contributed by atoms with E-state index in [0.29, 0.717) is 32.8 Å². The molecule has 0 aromatic rings. The number of hydrogen-bond donors (Lipinski definition) is 1. The maximum Gasteiger partial charge on any atom is 0.508 e. The van der Waals surface area contributed by atoms with E-state index < -0.39 is 12.4 Å². The minimum Gasteiger partial charge on any atom is -0.465 e. The molecule has 1 rings (SSSR count). The first-order valence-electron chi connectivity index (χ1n) is 16.3. The Morgan fingerprint density at radius 2 is 1.55 bits per heavy atom. The largest absolute Gasteiger partial charge is 0.508 e. The van der Waals surface area contributed by atoms with Gasteiger partial charge in [0.05, 0.1) is 26.2 Å². The first-order valence-corrected chi connectivity index (χ1v) is 16.3. The van der Waals surface area contributed by atoms with Crippen LogP contribution >= 0.6 is 0 Å². The smallest absolute Gasteiger partial charge is 0.465 e. The molecule has 1 N–H and O–H groups in total. The Hall–Kier alpha value is -1.94. The van der Waals surface area contributed by atoms with Crippen molar-refractivity contribution in [2.75, 3.05) is 59.3 Å². The van der Waals surface area contributed by atoms with Gasteiger partial charge in [0.1, 0.15) is 6.61 Å². The highest BCUT2D eigenvalue weighted by molar-refractivity contribution is 5.69. The number of aliphatic hydroxyl groups is 1. The van der Waals surface area contributed by atoms with Crippen LogP contribution in [0.15, 0.2) is 24.3 Å². The summed E-state index contributed by atoms with van der Waals surface area (Å²) in [6, 6.07) is 0. The fourth-order valence-electron chi connectivity index (χ4n) is 4.60. The Bertz CT molecular complexity index is 703. The van der Waals surface area contributed by atoms with Gasteiger partial charge in [-0.15, -0.1) is 0 Å². The summed E-state index contributed by atoms with van der Waals surface area (Å²) >= 11 is 0. The molecule has 1 heterocycles. The summed E-state index contributed by atoms with van der Waals surface area (Å²) < 4.78 is 27.8. The molecule has 2 unspecified atom stereocenters. The maximum atomic E-state index is 12.4. The Morgan fingerprint density at radius 1 is 0.905 bits per heavy atom. The van der Waals surface area contributed by atoms with Crippen molar-refractivity contribution in [1.29, 1.82) is 0 Å². The predicted octanol–water partition coefficient (Wildman–Crippen LogP) is 6.44. The molecule has 0 bridgehead atoms. The van der Waals surface area contributed by atoms with E-state index in [1.807, 2.05) is 6.92 Å². The average Bonchev–Trinajstić information content (AvgIpc) is 2.99. The van der Waals surface area contributed by atoms with Gasteiger partial charge in [-0.3, -0.25) is 4.79 Å². The van der Waals surface area contributed by atoms with Gasteiger partial charge in [-0.2, -0.15) is 0 Å². The molecular formula is C33H59NO8. The zero-order valence-electron chi connectivity index (χ0n) is 26.6. The molecule has 9 heteroatoms. The SMILES string of the molecule is CC/C=C\CCCCOC(CCC(=O)OCC(C)COC(=O)OCC1CCCN(CCO)C1)OCCCC/C=C\CC. The maximum absolute atomic E-state index is 12.4. The number of unbranched alkanes of at least 4 members (excludes halogenated alkanes) is 4. The number of carbonyl (C=O) groups is 2. The lowest BCUT2D eigenvalue weighted by atomic mass is 9.99. The third-order valence-corrected chi connectivity index (χ3v) is 7.00. The number of nitrogens with zero attached hydrogens (tertiary/aromatic N) is 1. The van der Waals surface area contributed by atoms with Gasteiger partial charge in [0, 0.05) is 44.6 Å². The highest BCUT2D eigenvalue weighted by atomic mass is 16.7. The quantitative estimate of drug-likeness (QED) is 0.0551. The first-order chi connectivity index (χ1) is 20.5. The first kappa shape index (κ1) is 38.1. The van der Waals surface area contributed by atoms with Crippen LogP contribution in [0.4, 0.5) is 4.79 Å². The summed E-state index contributed by atoms with van der Waals surface area (Å²) in [6.45, 7) is 10.5. The Morgan fingerprint density at radius 3 is 2.17 bits per heavy atom. The molecule has 0 amide bonds. The number of hydrogen-bond acceptors (Lipinski definition) is 9. The van der Waals surface area contributed by atoms with Crippen molar-refractivity contribution in [2.24, 2.45) is 11.8 Å². The number of ether oxygens (including phenoxy) is 5. The molecule has 1 saturated heterocycles. The van der Waals surface area contributed by atoms with Crippen LogP contribution in [-0.4, -0.2) is 87.7 Å². The predicted molar refractivity (Wildman–Crippen MR) is 165 cm³/mol. The highest BCUT2D eigenvalue weighted by Gasteiger charge is 2.21. The lowest BCUT2D eigenvalue weighted by molar-refractivity contribution is -0.160. The zero-order chi connectivity index (χ0) is 30.7. The van der Waals surface area contributed by atoms with E-state index in [4.69, 9.17) is 28.8 Å². The molecule has 0 spiro atoms. The molecule has 0 saturated carbocycles. The van der Waals surface area contributed by atoms with Crippen LogP contribution in [0.5, 0.6) is 0 Å². The van der Waals surface area contributed by atoms with Gasteiger partial charge >= 0.3 is 12.1 Å². The van der Waals surface area contributed by atoms with Crippen LogP contribution < -0.4 is 0 Å². The number of aliphatic hydroxyl groups excluding tert-OH is 1. The Balaban J connectivity index is 2.26. The topological polar surface area (TPSA) is 104 Å². The molecular weight excluding hydrogens is 538 g/mol.